The zero-order valence-electron chi connectivity index (χ0n) is 9.63. The molecule has 0 unspecified atom stereocenters. The predicted octanol–water partition coefficient (Wildman–Crippen LogP) is 1.66. The largest absolute Gasteiger partial charge is 0.269 e. The first-order valence-corrected chi connectivity index (χ1v) is 8.04. The van der Waals surface area contributed by atoms with Crippen molar-refractivity contribution >= 4 is 35.7 Å². The molecule has 0 radical (unpaired) electrons. The van der Waals surface area contributed by atoms with E-state index in [2.05, 4.69) is 26.1 Å². The molecule has 0 aromatic carbocycles. The molecule has 0 saturated carbocycles. The van der Waals surface area contributed by atoms with Gasteiger partial charge in [0.05, 0.1) is 28.6 Å². The van der Waals surface area contributed by atoms with Gasteiger partial charge in [-0.25, -0.2) is 8.42 Å². The fourth-order valence-corrected chi connectivity index (χ4v) is 2.68. The summed E-state index contributed by atoms with van der Waals surface area (Å²) in [5, 5.41) is 8.21. The summed E-state index contributed by atoms with van der Waals surface area (Å²) in [5.41, 5.74) is 1.76. The number of nitrogens with zero attached hydrogens (tertiary/aromatic N) is 4. The summed E-state index contributed by atoms with van der Waals surface area (Å²) in [6.45, 7) is 2.29. The summed E-state index contributed by atoms with van der Waals surface area (Å²) in [5.74, 6) is 0. The van der Waals surface area contributed by atoms with E-state index < -0.39 is 9.05 Å². The zero-order valence-corrected chi connectivity index (χ0v) is 12.8. The number of aromatic nitrogens is 4. The molecule has 98 valence electrons. The third-order valence-corrected chi connectivity index (χ3v) is 4.80. The molecule has 9 heteroatoms. The second-order valence-corrected chi connectivity index (χ2v) is 7.14. The third kappa shape index (κ3) is 2.60. The Balaban J connectivity index is 2.32. The normalized spacial score (nSPS) is 12.0. The second kappa shape index (κ2) is 4.67. The van der Waals surface area contributed by atoms with Gasteiger partial charge in [-0.1, -0.05) is 0 Å². The Morgan fingerprint density at radius 1 is 1.50 bits per heavy atom. The molecule has 0 aliphatic rings. The van der Waals surface area contributed by atoms with E-state index in [0.717, 1.165) is 15.9 Å². The van der Waals surface area contributed by atoms with Crippen molar-refractivity contribution in [2.45, 2.75) is 18.4 Å². The molecule has 0 spiro atoms. The Bertz CT molecular complexity index is 691. The number of hydrogen-bond donors (Lipinski definition) is 0. The first-order chi connectivity index (χ1) is 8.29. The maximum atomic E-state index is 11.1. The third-order valence-electron chi connectivity index (χ3n) is 2.46. The summed E-state index contributed by atoms with van der Waals surface area (Å²) < 4.78 is 26.3. The molecule has 2 aromatic rings. The lowest BCUT2D eigenvalue weighted by Gasteiger charge is -2.02. The van der Waals surface area contributed by atoms with Crippen LogP contribution in [0.3, 0.4) is 0 Å². The number of rotatable bonds is 3. The molecule has 2 aromatic heterocycles. The van der Waals surface area contributed by atoms with Crippen LogP contribution in [0, 0.1) is 6.92 Å². The standard InChI is InChI=1S/C9H10BrClN4O2S/c1-6-9(10)8(14(2)13-6)5-15-4-7(3-12-15)18(11,16)17/h3-4H,5H2,1-2H3. The first-order valence-electron chi connectivity index (χ1n) is 4.94. The molecule has 0 saturated heterocycles. The minimum absolute atomic E-state index is 0.0146. The Kier molecular flexibility index (Phi) is 3.52. The van der Waals surface area contributed by atoms with E-state index in [1.807, 2.05) is 14.0 Å². The molecule has 18 heavy (non-hydrogen) atoms. The van der Waals surface area contributed by atoms with Crippen LogP contribution in [0.2, 0.25) is 0 Å². The van der Waals surface area contributed by atoms with Crippen molar-refractivity contribution in [3.8, 4) is 0 Å². The van der Waals surface area contributed by atoms with Crippen LogP contribution >= 0.6 is 26.6 Å². The van der Waals surface area contributed by atoms with Crippen LogP contribution in [0.5, 0.6) is 0 Å². The van der Waals surface area contributed by atoms with Crippen LogP contribution in [0.15, 0.2) is 21.8 Å². The highest BCUT2D eigenvalue weighted by molar-refractivity contribution is 9.10. The molecule has 0 atom stereocenters. The van der Waals surface area contributed by atoms with Gasteiger partial charge in [0, 0.05) is 23.9 Å². The average Bonchev–Trinajstić information content (AvgIpc) is 2.80. The van der Waals surface area contributed by atoms with Gasteiger partial charge < -0.3 is 0 Å². The average molecular weight is 354 g/mol. The summed E-state index contributed by atoms with van der Waals surface area (Å²) in [6, 6.07) is 0. The Morgan fingerprint density at radius 3 is 2.61 bits per heavy atom. The van der Waals surface area contributed by atoms with Gasteiger partial charge in [-0.15, -0.1) is 0 Å². The number of hydrogen-bond acceptors (Lipinski definition) is 4. The van der Waals surface area contributed by atoms with Crippen molar-refractivity contribution < 1.29 is 8.42 Å². The molecule has 0 bridgehead atoms. The molecule has 0 aliphatic carbocycles. The highest BCUT2D eigenvalue weighted by atomic mass is 79.9. The summed E-state index contributed by atoms with van der Waals surface area (Å²) in [4.78, 5) is -0.0146. The van der Waals surface area contributed by atoms with Crippen LogP contribution in [0.1, 0.15) is 11.4 Å². The van der Waals surface area contributed by atoms with E-state index in [1.165, 1.54) is 17.1 Å². The Hall–Kier alpha value is -0.860. The van der Waals surface area contributed by atoms with Gasteiger partial charge in [-0.3, -0.25) is 9.36 Å². The van der Waals surface area contributed by atoms with E-state index in [4.69, 9.17) is 10.7 Å². The van der Waals surface area contributed by atoms with Gasteiger partial charge in [0.1, 0.15) is 4.90 Å². The molecule has 2 heterocycles. The SMILES string of the molecule is Cc1nn(C)c(Cn2cc(S(=O)(=O)Cl)cn2)c1Br. The van der Waals surface area contributed by atoms with Gasteiger partial charge in [-0.2, -0.15) is 10.2 Å². The van der Waals surface area contributed by atoms with Crippen molar-refractivity contribution in [1.82, 2.24) is 19.6 Å². The Labute approximate surface area is 117 Å². The lowest BCUT2D eigenvalue weighted by molar-refractivity contribution is 0.607. The molecule has 2 rings (SSSR count). The fraction of sp³-hybridized carbons (Fsp3) is 0.333. The van der Waals surface area contributed by atoms with Crippen LogP contribution in [-0.2, 0) is 22.6 Å². The maximum Gasteiger partial charge on any atom is 0.264 e. The molecule has 0 amide bonds. The van der Waals surface area contributed by atoms with Crippen molar-refractivity contribution in [3.63, 3.8) is 0 Å². The topological polar surface area (TPSA) is 69.8 Å². The summed E-state index contributed by atoms with van der Waals surface area (Å²) >= 11 is 3.44. The highest BCUT2D eigenvalue weighted by Gasteiger charge is 2.15. The van der Waals surface area contributed by atoms with E-state index in [0.29, 0.717) is 6.54 Å². The summed E-state index contributed by atoms with van der Waals surface area (Å²) in [6.07, 6.45) is 2.61. The van der Waals surface area contributed by atoms with E-state index in [-0.39, 0.29) is 4.90 Å². The van der Waals surface area contributed by atoms with Gasteiger partial charge in [0.15, 0.2) is 0 Å². The lowest BCUT2D eigenvalue weighted by Crippen LogP contribution is -2.06. The van der Waals surface area contributed by atoms with Crippen molar-refractivity contribution in [2.24, 2.45) is 7.05 Å². The van der Waals surface area contributed by atoms with E-state index >= 15 is 0 Å². The molecule has 0 N–H and O–H groups in total. The zero-order chi connectivity index (χ0) is 13.5. The Morgan fingerprint density at radius 2 is 2.17 bits per heavy atom. The summed E-state index contributed by atoms with van der Waals surface area (Å²) in [7, 11) is 3.31. The van der Waals surface area contributed by atoms with Crippen LogP contribution in [0.25, 0.3) is 0 Å². The van der Waals surface area contributed by atoms with Crippen molar-refractivity contribution in [1.29, 1.82) is 0 Å². The smallest absolute Gasteiger partial charge is 0.264 e. The van der Waals surface area contributed by atoms with Crippen molar-refractivity contribution in [2.75, 3.05) is 0 Å². The monoisotopic (exact) mass is 352 g/mol. The van der Waals surface area contributed by atoms with Gasteiger partial charge in [-0.05, 0) is 22.9 Å². The molecule has 6 nitrogen and oxygen atoms in total. The number of halogens is 2. The molecular weight excluding hydrogens is 344 g/mol. The van der Waals surface area contributed by atoms with Crippen LogP contribution in [0.4, 0.5) is 0 Å². The van der Waals surface area contributed by atoms with E-state index in [9.17, 15) is 8.42 Å². The number of aryl methyl sites for hydroxylation is 2. The fourth-order valence-electron chi connectivity index (χ4n) is 1.56. The highest BCUT2D eigenvalue weighted by Crippen LogP contribution is 2.21. The minimum atomic E-state index is -3.73. The minimum Gasteiger partial charge on any atom is -0.269 e. The van der Waals surface area contributed by atoms with Gasteiger partial charge in [0.25, 0.3) is 9.05 Å². The molecule has 0 fully saturated rings. The lowest BCUT2D eigenvalue weighted by atomic mass is 10.3. The first kappa shape index (κ1) is 13.6. The maximum absolute atomic E-state index is 11.1. The van der Waals surface area contributed by atoms with Gasteiger partial charge in [0.2, 0.25) is 0 Å². The van der Waals surface area contributed by atoms with Crippen LogP contribution < -0.4 is 0 Å². The van der Waals surface area contributed by atoms with Crippen LogP contribution in [-0.4, -0.2) is 28.0 Å². The van der Waals surface area contributed by atoms with Gasteiger partial charge >= 0.3 is 0 Å². The van der Waals surface area contributed by atoms with E-state index in [1.54, 1.807) is 4.68 Å². The quantitative estimate of drug-likeness (QED) is 0.787. The predicted molar refractivity (Wildman–Crippen MR) is 70.0 cm³/mol. The second-order valence-electron chi connectivity index (χ2n) is 3.78. The molecular formula is C9H10BrClN4O2S. The molecule has 0 aliphatic heterocycles. The van der Waals surface area contributed by atoms with Crippen molar-refractivity contribution in [3.05, 3.63) is 28.3 Å².